The van der Waals surface area contributed by atoms with Crippen LogP contribution in [0.2, 0.25) is 0 Å². The first-order valence-electron chi connectivity index (χ1n) is 7.65. The molecule has 1 heterocycles. The quantitative estimate of drug-likeness (QED) is 0.646. The SMILES string of the molecule is COC(=O)c1ccc2c(c1)cc(C)c(=O)n2-c1ccc(C(F)(F)F)cc1. The summed E-state index contributed by atoms with van der Waals surface area (Å²) in [6, 6.07) is 10.6. The van der Waals surface area contributed by atoms with Crippen LogP contribution in [0.15, 0.2) is 53.3 Å². The highest BCUT2D eigenvalue weighted by Gasteiger charge is 2.30. The van der Waals surface area contributed by atoms with Gasteiger partial charge in [0.05, 0.1) is 23.8 Å². The Bertz CT molecular complexity index is 1050. The van der Waals surface area contributed by atoms with Gasteiger partial charge in [-0.3, -0.25) is 9.36 Å². The van der Waals surface area contributed by atoms with Crippen LogP contribution >= 0.6 is 0 Å². The van der Waals surface area contributed by atoms with E-state index in [-0.39, 0.29) is 5.56 Å². The molecule has 7 heteroatoms. The summed E-state index contributed by atoms with van der Waals surface area (Å²) in [6.07, 6.45) is -4.45. The molecule has 26 heavy (non-hydrogen) atoms. The second kappa shape index (κ2) is 6.33. The van der Waals surface area contributed by atoms with Gasteiger partial charge in [0.1, 0.15) is 0 Å². The number of ether oxygens (including phenoxy) is 1. The molecule has 1 aromatic heterocycles. The van der Waals surface area contributed by atoms with E-state index in [9.17, 15) is 22.8 Å². The van der Waals surface area contributed by atoms with Crippen molar-refractivity contribution < 1.29 is 22.7 Å². The highest BCUT2D eigenvalue weighted by atomic mass is 19.4. The van der Waals surface area contributed by atoms with Crippen molar-refractivity contribution in [1.29, 1.82) is 0 Å². The molecule has 0 N–H and O–H groups in total. The van der Waals surface area contributed by atoms with Crippen LogP contribution in [0.25, 0.3) is 16.6 Å². The van der Waals surface area contributed by atoms with E-state index < -0.39 is 17.7 Å². The van der Waals surface area contributed by atoms with Crippen LogP contribution in [-0.4, -0.2) is 17.6 Å². The summed E-state index contributed by atoms with van der Waals surface area (Å²) in [6.45, 7) is 1.60. The minimum Gasteiger partial charge on any atom is -0.465 e. The van der Waals surface area contributed by atoms with E-state index in [4.69, 9.17) is 0 Å². The maximum atomic E-state index is 12.8. The predicted octanol–water partition coefficient (Wildman–Crippen LogP) is 4.10. The zero-order valence-corrected chi connectivity index (χ0v) is 13.9. The largest absolute Gasteiger partial charge is 0.465 e. The van der Waals surface area contributed by atoms with E-state index in [1.165, 1.54) is 29.9 Å². The first-order chi connectivity index (χ1) is 12.2. The van der Waals surface area contributed by atoms with Gasteiger partial charge in [0.15, 0.2) is 0 Å². The molecule has 0 amide bonds. The van der Waals surface area contributed by atoms with Gasteiger partial charge in [0, 0.05) is 11.3 Å². The molecule has 4 nitrogen and oxygen atoms in total. The average molecular weight is 361 g/mol. The van der Waals surface area contributed by atoms with Crippen LogP contribution < -0.4 is 5.56 Å². The highest BCUT2D eigenvalue weighted by Crippen LogP contribution is 2.30. The van der Waals surface area contributed by atoms with Crippen molar-refractivity contribution >= 4 is 16.9 Å². The van der Waals surface area contributed by atoms with Gasteiger partial charge in [-0.05, 0) is 60.8 Å². The first-order valence-corrected chi connectivity index (χ1v) is 7.65. The zero-order valence-electron chi connectivity index (χ0n) is 13.9. The summed E-state index contributed by atoms with van der Waals surface area (Å²) < 4.78 is 44.3. The smallest absolute Gasteiger partial charge is 0.416 e. The summed E-state index contributed by atoms with van der Waals surface area (Å²) in [7, 11) is 1.26. The van der Waals surface area contributed by atoms with Crippen molar-refractivity contribution in [2.45, 2.75) is 13.1 Å². The Morgan fingerprint density at radius 1 is 1.04 bits per heavy atom. The molecular formula is C19H14F3NO3. The Kier molecular flexibility index (Phi) is 4.31. The van der Waals surface area contributed by atoms with Gasteiger partial charge in [-0.1, -0.05) is 0 Å². The van der Waals surface area contributed by atoms with Crippen LogP contribution in [0.1, 0.15) is 21.5 Å². The molecule has 0 atom stereocenters. The highest BCUT2D eigenvalue weighted by molar-refractivity contribution is 5.95. The maximum Gasteiger partial charge on any atom is 0.416 e. The van der Waals surface area contributed by atoms with Crippen molar-refractivity contribution in [2.75, 3.05) is 7.11 Å². The van der Waals surface area contributed by atoms with E-state index in [0.717, 1.165) is 12.1 Å². The van der Waals surface area contributed by atoms with Gasteiger partial charge in [0.25, 0.3) is 5.56 Å². The lowest BCUT2D eigenvalue weighted by atomic mass is 10.1. The van der Waals surface area contributed by atoms with Crippen LogP contribution in [0, 0.1) is 6.92 Å². The van der Waals surface area contributed by atoms with Gasteiger partial charge in [-0.15, -0.1) is 0 Å². The minimum atomic E-state index is -4.45. The number of halogens is 3. The predicted molar refractivity (Wildman–Crippen MR) is 90.6 cm³/mol. The number of hydrogen-bond donors (Lipinski definition) is 0. The molecule has 134 valence electrons. The number of methoxy groups -OCH3 is 1. The molecule has 0 aliphatic rings. The fraction of sp³-hybridized carbons (Fsp3) is 0.158. The van der Waals surface area contributed by atoms with Crippen LogP contribution in [-0.2, 0) is 10.9 Å². The molecule has 0 spiro atoms. The first kappa shape index (κ1) is 17.7. The molecule has 2 aromatic carbocycles. The molecule has 0 aliphatic carbocycles. The molecule has 0 unspecified atom stereocenters. The zero-order chi connectivity index (χ0) is 19.1. The van der Waals surface area contributed by atoms with Crippen molar-refractivity contribution in [3.63, 3.8) is 0 Å². The summed E-state index contributed by atoms with van der Waals surface area (Å²) in [5, 5.41) is 0.602. The monoisotopic (exact) mass is 361 g/mol. The number of carbonyl (C=O) groups excluding carboxylic acids is 1. The maximum absolute atomic E-state index is 12.8. The third-order valence-corrected chi connectivity index (χ3v) is 4.05. The lowest BCUT2D eigenvalue weighted by Crippen LogP contribution is -2.21. The van der Waals surface area contributed by atoms with Crippen LogP contribution in [0.4, 0.5) is 13.2 Å². The third kappa shape index (κ3) is 3.08. The summed E-state index contributed by atoms with van der Waals surface area (Å²) in [5.74, 6) is -0.517. The molecule has 3 aromatic rings. The number of pyridine rings is 1. The Morgan fingerprint density at radius 2 is 1.69 bits per heavy atom. The number of carbonyl (C=O) groups is 1. The van der Waals surface area contributed by atoms with Crippen molar-refractivity contribution in [2.24, 2.45) is 0 Å². The molecule has 0 saturated heterocycles. The minimum absolute atomic E-state index is 0.308. The number of alkyl halides is 3. The van der Waals surface area contributed by atoms with E-state index in [0.29, 0.717) is 27.7 Å². The summed E-state index contributed by atoms with van der Waals surface area (Å²) in [5.41, 5.74) is 0.370. The molecule has 0 radical (unpaired) electrons. The Hall–Kier alpha value is -3.09. The van der Waals surface area contributed by atoms with Gasteiger partial charge in [-0.25, -0.2) is 4.79 Å². The number of hydrogen-bond acceptors (Lipinski definition) is 3. The number of aryl methyl sites for hydroxylation is 1. The second-order valence-corrected chi connectivity index (χ2v) is 5.78. The molecule has 3 rings (SSSR count). The lowest BCUT2D eigenvalue weighted by molar-refractivity contribution is -0.137. The summed E-state index contributed by atoms with van der Waals surface area (Å²) in [4.78, 5) is 24.3. The van der Waals surface area contributed by atoms with Crippen molar-refractivity contribution in [3.05, 3.63) is 75.6 Å². The number of aromatic nitrogens is 1. The van der Waals surface area contributed by atoms with Gasteiger partial charge in [0.2, 0.25) is 0 Å². The molecule has 0 saturated carbocycles. The van der Waals surface area contributed by atoms with Crippen LogP contribution in [0.3, 0.4) is 0 Å². The van der Waals surface area contributed by atoms with Gasteiger partial charge >= 0.3 is 12.1 Å². The number of nitrogens with zero attached hydrogens (tertiary/aromatic N) is 1. The van der Waals surface area contributed by atoms with E-state index >= 15 is 0 Å². The normalized spacial score (nSPS) is 11.6. The number of fused-ring (bicyclic) bond motifs is 1. The Morgan fingerprint density at radius 3 is 2.27 bits per heavy atom. The Balaban J connectivity index is 2.23. The molecular weight excluding hydrogens is 347 g/mol. The topological polar surface area (TPSA) is 48.3 Å². The fourth-order valence-electron chi connectivity index (χ4n) is 2.76. The van der Waals surface area contributed by atoms with Crippen molar-refractivity contribution in [3.8, 4) is 5.69 Å². The van der Waals surface area contributed by atoms with Crippen molar-refractivity contribution in [1.82, 2.24) is 4.57 Å². The molecule has 0 bridgehead atoms. The average Bonchev–Trinajstić information content (AvgIpc) is 2.61. The van der Waals surface area contributed by atoms with E-state index in [1.807, 2.05) is 0 Å². The van der Waals surface area contributed by atoms with Crippen LogP contribution in [0.5, 0.6) is 0 Å². The summed E-state index contributed by atoms with van der Waals surface area (Å²) >= 11 is 0. The lowest BCUT2D eigenvalue weighted by Gasteiger charge is -2.14. The third-order valence-electron chi connectivity index (χ3n) is 4.05. The number of esters is 1. The second-order valence-electron chi connectivity index (χ2n) is 5.78. The number of benzene rings is 2. The molecule has 0 fully saturated rings. The molecule has 0 aliphatic heterocycles. The van der Waals surface area contributed by atoms with E-state index in [2.05, 4.69) is 4.74 Å². The fourth-order valence-corrected chi connectivity index (χ4v) is 2.76. The van der Waals surface area contributed by atoms with Gasteiger partial charge < -0.3 is 4.74 Å². The Labute approximate surface area is 146 Å². The van der Waals surface area contributed by atoms with E-state index in [1.54, 1.807) is 25.1 Å². The number of rotatable bonds is 2. The van der Waals surface area contributed by atoms with Gasteiger partial charge in [-0.2, -0.15) is 13.2 Å². The standard InChI is InChI=1S/C19H14F3NO3/c1-11-9-13-10-12(18(25)26-2)3-8-16(13)23(17(11)24)15-6-4-14(5-7-15)19(20,21)22/h3-10H,1-2H3.